The quantitative estimate of drug-likeness (QED) is 0.0271. The minimum absolute atomic E-state index is 0.00806. The average Bonchev–Trinajstić information content (AvgIpc) is 3.21. The molecule has 0 heterocycles. The molecule has 0 aliphatic heterocycles. The van der Waals surface area contributed by atoms with Crippen molar-refractivity contribution < 1.29 is 28.0 Å². The first-order valence-corrected chi connectivity index (χ1v) is 25.5. The monoisotopic (exact) mass is 839 g/mol. The molecular formula is C49H95N2O6P. The zero-order valence-corrected chi connectivity index (χ0v) is 39.8. The van der Waals surface area contributed by atoms with Gasteiger partial charge in [0, 0.05) is 39.1 Å². The van der Waals surface area contributed by atoms with Crippen LogP contribution in [0.1, 0.15) is 201 Å². The Balaban J connectivity index is 4.73. The van der Waals surface area contributed by atoms with Crippen molar-refractivity contribution in [1.82, 2.24) is 4.90 Å². The van der Waals surface area contributed by atoms with Gasteiger partial charge in [-0.15, -0.1) is 0 Å². The first-order chi connectivity index (χ1) is 28.2. The number of phosphoric acid groups is 1. The number of phosphoric ester groups is 1. The fourth-order valence-electron chi connectivity index (χ4n) is 7.11. The standard InChI is InChI=1S/C49H95N2O6P/c1-7-9-11-13-15-17-19-21-23-25-27-29-31-33-35-37-40-49(54-6,41-38-36-34-32-30-28-26-24-22-20-18-16-14-12-10-8-2)55-44-39-47(3)48(4)51(5)43-46-57-58(52,53)56-45-42-50/h15-18,21-24,47-48H,7-14,19-20,25-46,50H2,1-6H3,(H,52,53)/b17-15-,18-16-,23-21-,24-22-. The molecule has 0 aromatic heterocycles. The van der Waals surface area contributed by atoms with E-state index >= 15 is 0 Å². The summed E-state index contributed by atoms with van der Waals surface area (Å²) in [5.41, 5.74) is 5.37. The van der Waals surface area contributed by atoms with Gasteiger partial charge in [-0.2, -0.15) is 0 Å². The van der Waals surface area contributed by atoms with Crippen LogP contribution in [0.2, 0.25) is 0 Å². The summed E-state index contributed by atoms with van der Waals surface area (Å²) >= 11 is 0. The fourth-order valence-corrected chi connectivity index (χ4v) is 7.84. The Labute approximate surface area is 359 Å². The smallest absolute Gasteiger partial charge is 0.353 e. The molecule has 3 unspecified atom stereocenters. The molecule has 0 radical (unpaired) electrons. The Morgan fingerprint density at radius 1 is 0.621 bits per heavy atom. The number of nitrogens with two attached hydrogens (primary N) is 1. The van der Waals surface area contributed by atoms with Crippen LogP contribution in [0.15, 0.2) is 48.6 Å². The van der Waals surface area contributed by atoms with Crippen LogP contribution in [0, 0.1) is 5.92 Å². The molecule has 3 atom stereocenters. The molecule has 0 aromatic carbocycles. The fraction of sp³-hybridized carbons (Fsp3) is 0.837. The zero-order valence-electron chi connectivity index (χ0n) is 38.9. The van der Waals surface area contributed by atoms with E-state index in [2.05, 4.69) is 81.2 Å². The first-order valence-electron chi connectivity index (χ1n) is 24.0. The van der Waals surface area contributed by atoms with E-state index < -0.39 is 13.6 Å². The maximum atomic E-state index is 12.0. The van der Waals surface area contributed by atoms with Gasteiger partial charge in [-0.3, -0.25) is 9.05 Å². The van der Waals surface area contributed by atoms with Crippen LogP contribution in [0.25, 0.3) is 0 Å². The maximum Gasteiger partial charge on any atom is 0.472 e. The molecule has 0 aromatic rings. The van der Waals surface area contributed by atoms with Gasteiger partial charge in [0.2, 0.25) is 0 Å². The molecule has 0 aliphatic carbocycles. The van der Waals surface area contributed by atoms with E-state index in [-0.39, 0.29) is 25.8 Å². The summed E-state index contributed by atoms with van der Waals surface area (Å²) < 4.78 is 34.9. The van der Waals surface area contributed by atoms with Crippen LogP contribution in [-0.4, -0.2) is 68.7 Å². The molecule has 3 N–H and O–H groups in total. The number of nitrogens with zero attached hydrogens (tertiary/aromatic N) is 1. The van der Waals surface area contributed by atoms with Crippen LogP contribution in [-0.2, 0) is 23.1 Å². The molecule has 0 rings (SSSR count). The average molecular weight is 839 g/mol. The summed E-state index contributed by atoms with van der Waals surface area (Å²) in [6.45, 7) is 10.4. The van der Waals surface area contributed by atoms with E-state index in [1.807, 2.05) is 14.2 Å². The lowest BCUT2D eigenvalue weighted by Gasteiger charge is -2.35. The summed E-state index contributed by atoms with van der Waals surface area (Å²) in [4.78, 5) is 12.0. The van der Waals surface area contributed by atoms with Crippen molar-refractivity contribution in [3.05, 3.63) is 48.6 Å². The van der Waals surface area contributed by atoms with E-state index in [1.165, 1.54) is 128 Å². The molecule has 8 nitrogen and oxygen atoms in total. The van der Waals surface area contributed by atoms with Crippen molar-refractivity contribution in [3.8, 4) is 0 Å². The normalized spacial score (nSPS) is 14.9. The number of methoxy groups -OCH3 is 1. The maximum absolute atomic E-state index is 12.0. The Bertz CT molecular complexity index is 1000. The summed E-state index contributed by atoms with van der Waals surface area (Å²) in [6.07, 6.45) is 51.3. The summed E-state index contributed by atoms with van der Waals surface area (Å²) in [7, 11) is -0.212. The van der Waals surface area contributed by atoms with Gasteiger partial charge >= 0.3 is 7.82 Å². The highest BCUT2D eigenvalue weighted by Crippen LogP contribution is 2.42. The molecule has 0 amide bonds. The highest BCUT2D eigenvalue weighted by Gasteiger charge is 2.30. The van der Waals surface area contributed by atoms with Crippen LogP contribution >= 0.6 is 7.82 Å². The number of rotatable bonds is 44. The Morgan fingerprint density at radius 2 is 1.03 bits per heavy atom. The molecular weight excluding hydrogens is 744 g/mol. The summed E-state index contributed by atoms with van der Waals surface area (Å²) in [6, 6.07) is 0.243. The summed E-state index contributed by atoms with van der Waals surface area (Å²) in [5.74, 6) is -0.170. The van der Waals surface area contributed by atoms with Crippen molar-refractivity contribution in [3.63, 3.8) is 0 Å². The molecule has 9 heteroatoms. The zero-order chi connectivity index (χ0) is 42.8. The van der Waals surface area contributed by atoms with E-state index in [0.717, 1.165) is 44.9 Å². The highest BCUT2D eigenvalue weighted by molar-refractivity contribution is 7.47. The minimum atomic E-state index is -4.07. The molecule has 0 saturated carbocycles. The lowest BCUT2D eigenvalue weighted by Crippen LogP contribution is -2.39. The Kier molecular flexibility index (Phi) is 40.5. The van der Waals surface area contributed by atoms with Gasteiger partial charge in [0.15, 0.2) is 5.79 Å². The van der Waals surface area contributed by atoms with Gasteiger partial charge in [0.05, 0.1) is 19.8 Å². The molecule has 0 saturated heterocycles. The first kappa shape index (κ1) is 56.9. The van der Waals surface area contributed by atoms with Crippen molar-refractivity contribution in [2.45, 2.75) is 213 Å². The number of hydrogen-bond donors (Lipinski definition) is 2. The van der Waals surface area contributed by atoms with E-state index in [0.29, 0.717) is 19.1 Å². The van der Waals surface area contributed by atoms with Gasteiger partial charge in [-0.1, -0.05) is 146 Å². The Hall–Kier alpha value is -1.09. The Morgan fingerprint density at radius 3 is 1.47 bits per heavy atom. The third-order valence-corrected chi connectivity index (χ3v) is 12.4. The highest BCUT2D eigenvalue weighted by atomic mass is 31.2. The van der Waals surface area contributed by atoms with Crippen molar-refractivity contribution in [1.29, 1.82) is 0 Å². The second-order valence-electron chi connectivity index (χ2n) is 16.5. The van der Waals surface area contributed by atoms with E-state index in [1.54, 1.807) is 0 Å². The molecule has 342 valence electrons. The number of hydrogen-bond acceptors (Lipinski definition) is 7. The van der Waals surface area contributed by atoms with Gasteiger partial charge in [-0.05, 0) is 103 Å². The van der Waals surface area contributed by atoms with Crippen molar-refractivity contribution in [2.24, 2.45) is 11.7 Å². The van der Waals surface area contributed by atoms with Crippen LogP contribution < -0.4 is 5.73 Å². The predicted molar refractivity (Wildman–Crippen MR) is 250 cm³/mol. The molecule has 0 spiro atoms. The van der Waals surface area contributed by atoms with Gasteiger partial charge < -0.3 is 25.0 Å². The van der Waals surface area contributed by atoms with Crippen LogP contribution in [0.5, 0.6) is 0 Å². The van der Waals surface area contributed by atoms with Gasteiger partial charge in [0.25, 0.3) is 0 Å². The van der Waals surface area contributed by atoms with Crippen molar-refractivity contribution in [2.75, 3.05) is 47.1 Å². The predicted octanol–water partition coefficient (Wildman–Crippen LogP) is 14.2. The van der Waals surface area contributed by atoms with Crippen LogP contribution in [0.4, 0.5) is 0 Å². The number of allylic oxidation sites excluding steroid dienone is 8. The third kappa shape index (κ3) is 35.6. The van der Waals surface area contributed by atoms with Crippen LogP contribution in [0.3, 0.4) is 0 Å². The van der Waals surface area contributed by atoms with Crippen molar-refractivity contribution >= 4 is 7.82 Å². The second kappa shape index (κ2) is 41.3. The minimum Gasteiger partial charge on any atom is -0.353 e. The third-order valence-electron chi connectivity index (χ3n) is 11.4. The topological polar surface area (TPSA) is 103 Å². The largest absolute Gasteiger partial charge is 0.472 e. The molecule has 0 fully saturated rings. The number of unbranched alkanes of at least 4 members (excludes halogenated alkanes) is 18. The van der Waals surface area contributed by atoms with Gasteiger partial charge in [0.1, 0.15) is 0 Å². The SMILES string of the molecule is CCCCC/C=C\C/C=C\CCCCCCCCC(CCCCCCCC/C=C\C/C=C\CCCCC)(OC)OCCC(C)C(C)N(C)CCOP(=O)(O)OCCN. The van der Waals surface area contributed by atoms with E-state index in [4.69, 9.17) is 24.3 Å². The van der Waals surface area contributed by atoms with Gasteiger partial charge in [-0.25, -0.2) is 4.57 Å². The van der Waals surface area contributed by atoms with E-state index in [9.17, 15) is 9.46 Å². The molecule has 58 heavy (non-hydrogen) atoms. The number of ether oxygens (including phenoxy) is 2. The molecule has 0 bridgehead atoms. The second-order valence-corrected chi connectivity index (χ2v) is 18.0. The molecule has 0 aliphatic rings. The lowest BCUT2D eigenvalue weighted by atomic mass is 9.97. The lowest BCUT2D eigenvalue weighted by molar-refractivity contribution is -0.233. The summed E-state index contributed by atoms with van der Waals surface area (Å²) in [5, 5.41) is 0. The number of likely N-dealkylation sites (N-methyl/N-ethyl adjacent to an activating group) is 1.